The molecule has 192 valence electrons. The van der Waals surface area contributed by atoms with Gasteiger partial charge in [0.05, 0.1) is 18.6 Å². The van der Waals surface area contributed by atoms with Crippen LogP contribution in [0.15, 0.2) is 35.5 Å². The zero-order chi connectivity index (χ0) is 26.4. The van der Waals surface area contributed by atoms with Crippen molar-refractivity contribution in [2.45, 2.75) is 42.7 Å². The van der Waals surface area contributed by atoms with Crippen molar-refractivity contribution in [2.75, 3.05) is 18.2 Å². The van der Waals surface area contributed by atoms with Crippen molar-refractivity contribution < 1.29 is 49.4 Å². The topological polar surface area (TPSA) is 106 Å². The number of pyridine rings is 1. The van der Waals surface area contributed by atoms with E-state index in [-0.39, 0.29) is 17.4 Å². The number of nitrogens with one attached hydrogen (secondary N) is 1. The Morgan fingerprint density at radius 3 is 2.14 bits per heavy atom. The first-order valence-electron chi connectivity index (χ1n) is 10.1. The van der Waals surface area contributed by atoms with Gasteiger partial charge in [-0.1, -0.05) is 6.07 Å². The molecule has 0 spiro atoms. The largest absolute Gasteiger partial charge is 0.494 e. The van der Waals surface area contributed by atoms with Crippen LogP contribution in [0.4, 0.5) is 32.0 Å². The average molecular weight is 526 g/mol. The van der Waals surface area contributed by atoms with Crippen LogP contribution < -0.4 is 10.1 Å². The molecule has 3 rings (SSSR count). The number of hydrogen-bond donors (Lipinski definition) is 2. The van der Waals surface area contributed by atoms with Gasteiger partial charge in [0.1, 0.15) is 0 Å². The number of benzene rings is 1. The van der Waals surface area contributed by atoms with Gasteiger partial charge in [-0.3, -0.25) is 4.79 Å². The molecule has 1 aliphatic rings. The Morgan fingerprint density at radius 1 is 1.11 bits per heavy atom. The number of amides is 1. The highest BCUT2D eigenvalue weighted by Gasteiger charge is 2.72. The summed E-state index contributed by atoms with van der Waals surface area (Å²) in [6.07, 6.45) is -10.2. The Kier molecular flexibility index (Phi) is 6.85. The first-order valence-corrected chi connectivity index (χ1v) is 11.7. The Balaban J connectivity index is 2.29. The van der Waals surface area contributed by atoms with Crippen molar-refractivity contribution in [3.63, 3.8) is 0 Å². The van der Waals surface area contributed by atoms with Gasteiger partial charge in [-0.25, -0.2) is 13.4 Å². The molecule has 2 N–H and O–H groups in total. The number of halogens is 6. The molecule has 0 atom stereocenters. The number of hydrogen-bond acceptors (Lipinski definition) is 6. The van der Waals surface area contributed by atoms with Crippen molar-refractivity contribution in [3.8, 4) is 16.9 Å². The molecule has 35 heavy (non-hydrogen) atoms. The summed E-state index contributed by atoms with van der Waals surface area (Å²) >= 11 is 0. The number of alkyl halides is 6. The maximum absolute atomic E-state index is 13.7. The number of nitrogens with zero attached hydrogens (tertiary/aromatic N) is 1. The zero-order valence-electron chi connectivity index (χ0n) is 18.3. The Hall–Kier alpha value is -2.87. The van der Waals surface area contributed by atoms with Crippen LogP contribution in [0.5, 0.6) is 5.75 Å². The highest BCUT2D eigenvalue weighted by Crippen LogP contribution is 2.55. The quantitative estimate of drug-likeness (QED) is 0.524. The molecule has 1 heterocycles. The second kappa shape index (κ2) is 8.97. The summed E-state index contributed by atoms with van der Waals surface area (Å²) in [5, 5.41) is 11.9. The summed E-state index contributed by atoms with van der Waals surface area (Å²) in [6.45, 7) is 1.05. The molecule has 1 aromatic carbocycles. The number of sulfone groups is 1. The molecule has 1 amide bonds. The molecule has 0 bridgehead atoms. The number of carbonyl (C=O) groups excluding carboxylic acids is 1. The third kappa shape index (κ3) is 5.08. The summed E-state index contributed by atoms with van der Waals surface area (Å²) in [6, 6.07) is 2.99. The van der Waals surface area contributed by atoms with E-state index in [9.17, 15) is 44.7 Å². The Bertz CT molecular complexity index is 1210. The lowest BCUT2D eigenvalue weighted by atomic mass is 9.85. The molecule has 0 saturated heterocycles. The molecule has 14 heteroatoms. The van der Waals surface area contributed by atoms with E-state index in [1.54, 1.807) is 0 Å². The fourth-order valence-electron chi connectivity index (χ4n) is 3.53. The van der Waals surface area contributed by atoms with E-state index >= 15 is 0 Å². The Morgan fingerprint density at radius 2 is 1.71 bits per heavy atom. The van der Waals surface area contributed by atoms with E-state index in [0.717, 1.165) is 51.3 Å². The molecule has 0 aliphatic heterocycles. The smallest absolute Gasteiger partial charge is 0.430 e. The molecule has 1 aromatic heterocycles. The predicted molar refractivity (Wildman–Crippen MR) is 111 cm³/mol. The van der Waals surface area contributed by atoms with Gasteiger partial charge < -0.3 is 15.2 Å². The minimum atomic E-state index is -6.21. The molecule has 0 unspecified atom stereocenters. The van der Waals surface area contributed by atoms with Crippen molar-refractivity contribution >= 4 is 21.4 Å². The monoisotopic (exact) mass is 526 g/mol. The number of aromatic nitrogens is 1. The van der Waals surface area contributed by atoms with E-state index in [4.69, 9.17) is 4.74 Å². The van der Waals surface area contributed by atoms with E-state index < -0.39 is 61.2 Å². The van der Waals surface area contributed by atoms with E-state index in [0.29, 0.717) is 6.07 Å². The minimum Gasteiger partial charge on any atom is -0.494 e. The van der Waals surface area contributed by atoms with Gasteiger partial charge >= 0.3 is 12.4 Å². The summed E-state index contributed by atoms with van der Waals surface area (Å²) in [7, 11) is -2.89. The van der Waals surface area contributed by atoms with Gasteiger partial charge in [0.25, 0.3) is 5.60 Å². The SMILES string of the molecule is COc1c(NC(C)=O)ccc(C(O)(C(F)(F)F)C(F)(F)F)c1-c1ccc(S(=O)(=O)CC2CC2)nc1. The van der Waals surface area contributed by atoms with E-state index in [1.807, 2.05) is 0 Å². The van der Waals surface area contributed by atoms with Crippen LogP contribution in [0.25, 0.3) is 11.1 Å². The van der Waals surface area contributed by atoms with Crippen LogP contribution in [0.2, 0.25) is 0 Å². The van der Waals surface area contributed by atoms with E-state index in [2.05, 4.69) is 10.3 Å². The Labute approximate surface area is 196 Å². The molecule has 2 aromatic rings. The van der Waals surface area contributed by atoms with Crippen LogP contribution in [-0.4, -0.2) is 49.6 Å². The summed E-state index contributed by atoms with van der Waals surface area (Å²) in [5.41, 5.74) is -8.54. The highest BCUT2D eigenvalue weighted by atomic mass is 32.2. The van der Waals surface area contributed by atoms with E-state index in [1.165, 1.54) is 0 Å². The number of aliphatic hydroxyl groups is 1. The first-order chi connectivity index (χ1) is 16.0. The van der Waals surface area contributed by atoms with Gasteiger partial charge in [-0.2, -0.15) is 26.3 Å². The van der Waals surface area contributed by atoms with Crippen molar-refractivity contribution in [2.24, 2.45) is 5.92 Å². The van der Waals surface area contributed by atoms with Crippen LogP contribution >= 0.6 is 0 Å². The maximum atomic E-state index is 13.7. The molecule has 1 fully saturated rings. The molecule has 1 aliphatic carbocycles. The molecule has 0 radical (unpaired) electrons. The summed E-state index contributed by atoms with van der Waals surface area (Å²) < 4.78 is 112. The van der Waals surface area contributed by atoms with Crippen molar-refractivity contribution in [1.29, 1.82) is 0 Å². The lowest BCUT2D eigenvalue weighted by Crippen LogP contribution is -2.54. The highest BCUT2D eigenvalue weighted by molar-refractivity contribution is 7.91. The first kappa shape index (κ1) is 26.7. The second-order valence-corrected chi connectivity index (χ2v) is 10.0. The fraction of sp³-hybridized carbons (Fsp3) is 0.429. The third-order valence-electron chi connectivity index (χ3n) is 5.38. The number of methoxy groups -OCH3 is 1. The molecule has 7 nitrogen and oxygen atoms in total. The number of anilines is 1. The van der Waals surface area contributed by atoms with Crippen LogP contribution in [0, 0.1) is 5.92 Å². The standard InChI is InChI=1S/C21H20F6N2O5S/c1-11(30)29-15-7-6-14(19(31,20(22,23)24)21(25,26)27)17(18(15)34-2)13-5-8-16(28-9-13)35(32,33)10-12-3-4-12/h5-9,12,31H,3-4,10H2,1-2H3,(H,29,30). The number of rotatable bonds is 7. The minimum absolute atomic E-state index is 0.0314. The van der Waals surface area contributed by atoms with Gasteiger partial charge in [0.2, 0.25) is 5.91 Å². The van der Waals surface area contributed by atoms with Gasteiger partial charge in [0, 0.05) is 29.8 Å². The van der Waals surface area contributed by atoms with Gasteiger partial charge in [-0.05, 0) is 37.0 Å². The molecule has 1 saturated carbocycles. The predicted octanol–water partition coefficient (Wildman–Crippen LogP) is 4.21. The van der Waals surface area contributed by atoms with Gasteiger partial charge in [-0.15, -0.1) is 0 Å². The summed E-state index contributed by atoms with van der Waals surface area (Å²) in [4.78, 5) is 15.3. The van der Waals surface area contributed by atoms with Gasteiger partial charge in [0.15, 0.2) is 20.6 Å². The lowest BCUT2D eigenvalue weighted by Gasteiger charge is -2.34. The molecular weight excluding hydrogens is 506 g/mol. The average Bonchev–Trinajstić information content (AvgIpc) is 3.54. The van der Waals surface area contributed by atoms with Crippen molar-refractivity contribution in [1.82, 2.24) is 4.98 Å². The third-order valence-corrected chi connectivity index (χ3v) is 7.17. The fourth-order valence-corrected chi connectivity index (χ4v) is 5.14. The second-order valence-electron chi connectivity index (χ2n) is 8.07. The van der Waals surface area contributed by atoms with Crippen LogP contribution in [0.1, 0.15) is 25.3 Å². The van der Waals surface area contributed by atoms with Crippen LogP contribution in [-0.2, 0) is 20.2 Å². The van der Waals surface area contributed by atoms with Crippen LogP contribution in [0.3, 0.4) is 0 Å². The van der Waals surface area contributed by atoms with Crippen molar-refractivity contribution in [3.05, 3.63) is 36.0 Å². The zero-order valence-corrected chi connectivity index (χ0v) is 19.1. The normalized spacial score (nSPS) is 15.1. The number of ether oxygens (including phenoxy) is 1. The summed E-state index contributed by atoms with van der Waals surface area (Å²) in [5.74, 6) is -1.55. The maximum Gasteiger partial charge on any atom is 0.430 e. The lowest BCUT2D eigenvalue weighted by molar-refractivity contribution is -0.376. The molecular formula is C21H20F6N2O5S. The number of carbonyl (C=O) groups is 1.